The standard InChI is InChI=1S/C15H23ClN2O3/c1-10(2)9-17-13-7-11(21-16)12(20-6)8-15(13,3)14(19)18(4)5/h7,9-10H,8H2,1-6H3. The Labute approximate surface area is 131 Å². The first-order valence-corrected chi connectivity index (χ1v) is 7.11. The normalized spacial score (nSPS) is 22.6. The average molecular weight is 315 g/mol. The van der Waals surface area contributed by atoms with Crippen LogP contribution >= 0.6 is 11.9 Å². The van der Waals surface area contributed by atoms with Crippen molar-refractivity contribution in [2.75, 3.05) is 21.2 Å². The van der Waals surface area contributed by atoms with Crippen molar-refractivity contribution >= 4 is 24.0 Å². The lowest BCUT2D eigenvalue weighted by atomic mass is 9.78. The Balaban J connectivity index is 3.34. The van der Waals surface area contributed by atoms with Crippen molar-refractivity contribution in [3.8, 4) is 0 Å². The zero-order chi connectivity index (χ0) is 16.2. The summed E-state index contributed by atoms with van der Waals surface area (Å²) in [5.74, 6) is 1.15. The highest BCUT2D eigenvalue weighted by molar-refractivity contribution is 6.08. The number of rotatable bonds is 5. The van der Waals surface area contributed by atoms with Gasteiger partial charge in [-0.25, -0.2) is 0 Å². The molecule has 0 spiro atoms. The van der Waals surface area contributed by atoms with Gasteiger partial charge in [0, 0.05) is 32.8 Å². The van der Waals surface area contributed by atoms with Crippen LogP contribution in [0.15, 0.2) is 28.3 Å². The summed E-state index contributed by atoms with van der Waals surface area (Å²) >= 11 is 5.49. The third kappa shape index (κ3) is 3.79. The summed E-state index contributed by atoms with van der Waals surface area (Å²) in [6, 6.07) is 0. The van der Waals surface area contributed by atoms with Gasteiger partial charge in [0.15, 0.2) is 5.76 Å². The van der Waals surface area contributed by atoms with E-state index in [1.54, 1.807) is 31.3 Å². The van der Waals surface area contributed by atoms with Crippen molar-refractivity contribution in [2.45, 2.75) is 27.2 Å². The molecule has 1 atom stereocenters. The molecule has 0 heterocycles. The minimum atomic E-state index is -0.806. The number of hydrogen-bond acceptors (Lipinski definition) is 4. The van der Waals surface area contributed by atoms with Gasteiger partial charge in [0.2, 0.25) is 5.91 Å². The molecule has 0 aromatic rings. The number of nitrogens with zero attached hydrogens (tertiary/aromatic N) is 2. The quantitative estimate of drug-likeness (QED) is 0.733. The molecule has 1 aliphatic carbocycles. The van der Waals surface area contributed by atoms with Crippen LogP contribution in [0.2, 0.25) is 0 Å². The molecule has 1 amide bonds. The van der Waals surface area contributed by atoms with Gasteiger partial charge in [0.05, 0.1) is 18.2 Å². The van der Waals surface area contributed by atoms with Crippen molar-refractivity contribution < 1.29 is 13.8 Å². The van der Waals surface area contributed by atoms with Gasteiger partial charge in [-0.2, -0.15) is 0 Å². The molecule has 0 aromatic carbocycles. The summed E-state index contributed by atoms with van der Waals surface area (Å²) in [6.45, 7) is 5.89. The minimum Gasteiger partial charge on any atom is -0.497 e. The highest BCUT2D eigenvalue weighted by atomic mass is 35.5. The Morgan fingerprint density at radius 2 is 2.14 bits per heavy atom. The van der Waals surface area contributed by atoms with Crippen LogP contribution in [-0.4, -0.2) is 38.2 Å². The van der Waals surface area contributed by atoms with Gasteiger partial charge < -0.3 is 13.9 Å². The Kier molecular flexibility index (Phi) is 5.84. The van der Waals surface area contributed by atoms with Gasteiger partial charge in [0.25, 0.3) is 0 Å². The Hall–Kier alpha value is -1.49. The van der Waals surface area contributed by atoms with Gasteiger partial charge in [-0.1, -0.05) is 13.8 Å². The fourth-order valence-electron chi connectivity index (χ4n) is 2.19. The van der Waals surface area contributed by atoms with E-state index in [1.165, 1.54) is 7.11 Å². The summed E-state index contributed by atoms with van der Waals surface area (Å²) in [6.07, 6.45) is 3.82. The van der Waals surface area contributed by atoms with Crippen molar-refractivity contribution in [3.05, 3.63) is 23.3 Å². The highest BCUT2D eigenvalue weighted by Gasteiger charge is 2.43. The lowest BCUT2D eigenvalue weighted by Crippen LogP contribution is -2.41. The predicted octanol–water partition coefficient (Wildman–Crippen LogP) is 3.12. The van der Waals surface area contributed by atoms with Crippen LogP contribution in [-0.2, 0) is 13.8 Å². The number of ether oxygens (including phenoxy) is 1. The molecule has 0 bridgehead atoms. The van der Waals surface area contributed by atoms with E-state index >= 15 is 0 Å². The van der Waals surface area contributed by atoms with E-state index in [0.717, 1.165) is 0 Å². The number of halogens is 1. The topological polar surface area (TPSA) is 51.1 Å². The minimum absolute atomic E-state index is 0.0437. The maximum Gasteiger partial charge on any atom is 0.234 e. The van der Waals surface area contributed by atoms with Gasteiger partial charge in [-0.3, -0.25) is 9.79 Å². The predicted molar refractivity (Wildman–Crippen MR) is 83.8 cm³/mol. The third-order valence-electron chi connectivity index (χ3n) is 3.34. The van der Waals surface area contributed by atoms with Crippen LogP contribution in [0.25, 0.3) is 0 Å². The zero-order valence-corrected chi connectivity index (χ0v) is 14.2. The number of allylic oxidation sites excluding steroid dienone is 2. The fraction of sp³-hybridized carbons (Fsp3) is 0.600. The van der Waals surface area contributed by atoms with Gasteiger partial charge in [-0.15, -0.1) is 0 Å². The first-order valence-electron chi connectivity index (χ1n) is 6.80. The first-order chi connectivity index (χ1) is 9.76. The van der Waals surface area contributed by atoms with Crippen molar-refractivity contribution in [2.24, 2.45) is 16.3 Å². The number of carbonyl (C=O) groups is 1. The molecule has 0 saturated carbocycles. The van der Waals surface area contributed by atoms with Crippen LogP contribution in [0.1, 0.15) is 27.2 Å². The molecule has 0 N–H and O–H groups in total. The molecule has 1 unspecified atom stereocenters. The molecule has 1 aliphatic rings. The molecule has 0 saturated heterocycles. The van der Waals surface area contributed by atoms with Gasteiger partial charge >= 0.3 is 0 Å². The SMILES string of the molecule is COC1=C(OCl)C=C(N=CC(C)C)C(C)(C(=O)N(C)C)C1. The lowest BCUT2D eigenvalue weighted by molar-refractivity contribution is -0.137. The van der Waals surface area contributed by atoms with Crippen molar-refractivity contribution in [1.29, 1.82) is 0 Å². The van der Waals surface area contributed by atoms with E-state index in [2.05, 4.69) is 4.99 Å². The van der Waals surface area contributed by atoms with Crippen molar-refractivity contribution in [3.63, 3.8) is 0 Å². The van der Waals surface area contributed by atoms with E-state index in [0.29, 0.717) is 23.6 Å². The first kappa shape index (κ1) is 17.6. The van der Waals surface area contributed by atoms with E-state index in [-0.39, 0.29) is 11.8 Å². The monoisotopic (exact) mass is 314 g/mol. The van der Waals surface area contributed by atoms with Crippen LogP contribution in [0.3, 0.4) is 0 Å². The Morgan fingerprint density at radius 3 is 2.57 bits per heavy atom. The maximum absolute atomic E-state index is 12.6. The van der Waals surface area contributed by atoms with Crippen molar-refractivity contribution in [1.82, 2.24) is 4.90 Å². The van der Waals surface area contributed by atoms with Crippen LogP contribution in [0.5, 0.6) is 0 Å². The van der Waals surface area contributed by atoms with E-state index in [9.17, 15) is 4.79 Å². The number of hydrogen-bond donors (Lipinski definition) is 0. The van der Waals surface area contributed by atoms with Crippen LogP contribution in [0.4, 0.5) is 0 Å². The van der Waals surface area contributed by atoms with Crippen LogP contribution in [0, 0.1) is 11.3 Å². The summed E-state index contributed by atoms with van der Waals surface area (Å²) in [5, 5.41) is 0. The second kappa shape index (κ2) is 6.98. The summed E-state index contributed by atoms with van der Waals surface area (Å²) in [7, 11) is 4.98. The second-order valence-corrected chi connectivity index (χ2v) is 5.98. The summed E-state index contributed by atoms with van der Waals surface area (Å²) in [4.78, 5) is 18.6. The molecular weight excluding hydrogens is 292 g/mol. The number of carbonyl (C=O) groups excluding carboxylic acids is 1. The molecule has 5 nitrogen and oxygen atoms in total. The Bertz CT molecular complexity index is 495. The Morgan fingerprint density at radius 1 is 1.52 bits per heavy atom. The zero-order valence-electron chi connectivity index (χ0n) is 13.4. The molecular formula is C15H23ClN2O3. The average Bonchev–Trinajstić information content (AvgIpc) is 2.44. The molecule has 21 heavy (non-hydrogen) atoms. The second-order valence-electron chi connectivity index (χ2n) is 5.83. The molecule has 0 radical (unpaired) electrons. The molecule has 0 fully saturated rings. The fourth-order valence-corrected chi connectivity index (χ4v) is 2.32. The van der Waals surface area contributed by atoms with Gasteiger partial charge in [-0.05, 0) is 12.8 Å². The molecule has 1 rings (SSSR count). The molecule has 6 heteroatoms. The largest absolute Gasteiger partial charge is 0.497 e. The summed E-state index contributed by atoms with van der Waals surface area (Å²) in [5.41, 5.74) is -0.189. The number of amides is 1. The van der Waals surface area contributed by atoms with Gasteiger partial charge in [0.1, 0.15) is 17.6 Å². The molecule has 0 aromatic heterocycles. The van der Waals surface area contributed by atoms with E-state index in [1.807, 2.05) is 20.8 Å². The third-order valence-corrected chi connectivity index (χ3v) is 3.51. The van der Waals surface area contributed by atoms with E-state index < -0.39 is 5.41 Å². The number of aliphatic imine (C=N–C) groups is 1. The number of methoxy groups -OCH3 is 1. The maximum atomic E-state index is 12.6. The van der Waals surface area contributed by atoms with Crippen LogP contribution < -0.4 is 0 Å². The highest BCUT2D eigenvalue weighted by Crippen LogP contribution is 2.42. The smallest absolute Gasteiger partial charge is 0.234 e. The molecule has 118 valence electrons. The lowest BCUT2D eigenvalue weighted by Gasteiger charge is -2.34. The summed E-state index contributed by atoms with van der Waals surface area (Å²) < 4.78 is 10.1. The molecule has 0 aliphatic heterocycles. The van der Waals surface area contributed by atoms with E-state index in [4.69, 9.17) is 20.9 Å².